The number of hydrogen-bond donors (Lipinski definition) is 2. The monoisotopic (exact) mass is 408 g/mol. The largest absolute Gasteiger partial charge is 0.338 e. The van der Waals surface area contributed by atoms with Gasteiger partial charge in [0.15, 0.2) is 5.82 Å². The van der Waals surface area contributed by atoms with Crippen LogP contribution < -0.4 is 5.32 Å². The van der Waals surface area contributed by atoms with Gasteiger partial charge in [-0.1, -0.05) is 50.3 Å². The van der Waals surface area contributed by atoms with Gasteiger partial charge in [-0.25, -0.2) is 0 Å². The second kappa shape index (κ2) is 9.02. The Kier molecular flexibility index (Phi) is 6.21. The molecule has 30 heavy (non-hydrogen) atoms. The molecule has 1 aliphatic heterocycles. The number of benzene rings is 1. The highest BCUT2D eigenvalue weighted by Crippen LogP contribution is 2.32. The average Bonchev–Trinajstić information content (AvgIpc) is 3.21. The molecule has 6 nitrogen and oxygen atoms in total. The number of piperidine rings is 1. The van der Waals surface area contributed by atoms with Crippen molar-refractivity contribution in [1.29, 1.82) is 0 Å². The van der Waals surface area contributed by atoms with Gasteiger partial charge in [-0.15, -0.1) is 0 Å². The topological polar surface area (TPSA) is 78.1 Å². The van der Waals surface area contributed by atoms with Gasteiger partial charge in [0.1, 0.15) is 0 Å². The number of carbonyl (C=O) groups excluding carboxylic acids is 2. The van der Waals surface area contributed by atoms with Gasteiger partial charge in [0.25, 0.3) is 5.91 Å². The summed E-state index contributed by atoms with van der Waals surface area (Å²) in [6.07, 6.45) is 9.13. The van der Waals surface area contributed by atoms with Crippen LogP contribution in [0.1, 0.15) is 67.9 Å². The maximum atomic E-state index is 13.1. The number of aromatic amines is 1. The van der Waals surface area contributed by atoms with Gasteiger partial charge >= 0.3 is 0 Å². The molecule has 1 unspecified atom stereocenters. The summed E-state index contributed by atoms with van der Waals surface area (Å²) in [5, 5.41) is 10.4. The molecule has 2 N–H and O–H groups in total. The van der Waals surface area contributed by atoms with Crippen molar-refractivity contribution in [2.45, 2.75) is 58.3 Å². The Morgan fingerprint density at radius 2 is 1.93 bits per heavy atom. The molecule has 2 fully saturated rings. The first-order chi connectivity index (χ1) is 14.5. The fourth-order valence-corrected chi connectivity index (χ4v) is 4.86. The van der Waals surface area contributed by atoms with Gasteiger partial charge in [-0.2, -0.15) is 5.10 Å². The summed E-state index contributed by atoms with van der Waals surface area (Å²) in [5.74, 6) is 1.22. The minimum atomic E-state index is -0.620. The molecule has 1 aliphatic carbocycles. The molecule has 1 atom stereocenters. The summed E-state index contributed by atoms with van der Waals surface area (Å²) in [4.78, 5) is 27.7. The smallest absolute Gasteiger partial charge is 0.253 e. The first-order valence-electron chi connectivity index (χ1n) is 11.2. The van der Waals surface area contributed by atoms with Crippen LogP contribution in [0.2, 0.25) is 0 Å². The molecular weight excluding hydrogens is 376 g/mol. The molecule has 1 aromatic heterocycles. The van der Waals surface area contributed by atoms with E-state index in [0.29, 0.717) is 24.5 Å². The van der Waals surface area contributed by atoms with Crippen molar-refractivity contribution in [3.8, 4) is 0 Å². The van der Waals surface area contributed by atoms with Crippen molar-refractivity contribution in [2.75, 3.05) is 18.4 Å². The lowest BCUT2D eigenvalue weighted by molar-refractivity contribution is -0.127. The predicted molar refractivity (Wildman–Crippen MR) is 117 cm³/mol. The van der Waals surface area contributed by atoms with Crippen molar-refractivity contribution in [3.05, 3.63) is 47.7 Å². The summed E-state index contributed by atoms with van der Waals surface area (Å²) >= 11 is 0. The van der Waals surface area contributed by atoms with Crippen LogP contribution in [0.5, 0.6) is 0 Å². The fraction of sp³-hybridized carbons (Fsp3) is 0.542. The average molecular weight is 409 g/mol. The molecule has 1 saturated heterocycles. The number of amides is 2. The first-order valence-corrected chi connectivity index (χ1v) is 11.2. The Labute approximate surface area is 178 Å². The minimum Gasteiger partial charge on any atom is -0.338 e. The second-order valence-corrected chi connectivity index (χ2v) is 9.20. The first kappa shape index (κ1) is 20.6. The van der Waals surface area contributed by atoms with Crippen LogP contribution in [-0.4, -0.2) is 40.0 Å². The van der Waals surface area contributed by atoms with E-state index in [0.717, 1.165) is 30.9 Å². The zero-order chi connectivity index (χ0) is 21.0. The van der Waals surface area contributed by atoms with Gasteiger partial charge in [-0.3, -0.25) is 14.7 Å². The molecule has 160 valence electrons. The highest BCUT2D eigenvalue weighted by molar-refractivity contribution is 5.97. The van der Waals surface area contributed by atoms with E-state index in [1.165, 1.54) is 32.1 Å². The molecule has 0 bridgehead atoms. The van der Waals surface area contributed by atoms with Crippen molar-refractivity contribution in [2.24, 2.45) is 11.3 Å². The van der Waals surface area contributed by atoms with Crippen molar-refractivity contribution in [1.82, 2.24) is 15.1 Å². The summed E-state index contributed by atoms with van der Waals surface area (Å²) in [5.41, 5.74) is 1.14. The molecule has 4 rings (SSSR count). The Bertz CT molecular complexity index is 872. The van der Waals surface area contributed by atoms with Crippen LogP contribution >= 0.6 is 0 Å². The number of anilines is 1. The molecule has 0 spiro atoms. The Balaban J connectivity index is 1.37. The maximum absolute atomic E-state index is 13.1. The normalized spacial score (nSPS) is 22.6. The van der Waals surface area contributed by atoms with E-state index in [4.69, 9.17) is 0 Å². The van der Waals surface area contributed by atoms with Crippen molar-refractivity contribution < 1.29 is 9.59 Å². The lowest BCUT2D eigenvalue weighted by atomic mass is 9.80. The van der Waals surface area contributed by atoms with Crippen molar-refractivity contribution >= 4 is 17.6 Å². The number of hydrogen-bond acceptors (Lipinski definition) is 3. The number of nitrogens with zero attached hydrogens (tertiary/aromatic N) is 2. The van der Waals surface area contributed by atoms with Crippen LogP contribution in [0, 0.1) is 11.3 Å². The van der Waals surface area contributed by atoms with E-state index in [2.05, 4.69) is 15.5 Å². The van der Waals surface area contributed by atoms with Gasteiger partial charge in [0.05, 0.1) is 5.41 Å². The molecule has 2 aliphatic rings. The Hall–Kier alpha value is -2.63. The number of aromatic nitrogens is 2. The van der Waals surface area contributed by atoms with Gasteiger partial charge in [0.2, 0.25) is 5.91 Å². The fourth-order valence-electron chi connectivity index (χ4n) is 4.86. The van der Waals surface area contributed by atoms with Crippen LogP contribution in [0.25, 0.3) is 0 Å². The number of rotatable bonds is 5. The number of likely N-dealkylation sites (tertiary alicyclic amines) is 1. The van der Waals surface area contributed by atoms with E-state index >= 15 is 0 Å². The van der Waals surface area contributed by atoms with E-state index in [1.54, 1.807) is 4.90 Å². The third-order valence-electron chi connectivity index (χ3n) is 6.66. The second-order valence-electron chi connectivity index (χ2n) is 9.20. The van der Waals surface area contributed by atoms with Gasteiger partial charge in [0, 0.05) is 30.4 Å². The molecule has 2 amide bonds. The molecule has 2 heterocycles. The standard InChI is InChI=1S/C24H32N4O2/c1-24(13-8-14-28(17-24)22(29)19-11-6-3-7-12-19)23(30)25-21-16-20(26-27-21)15-18-9-4-2-5-10-18/h3,6-7,11-12,16,18H,2,4-5,8-10,13-15,17H2,1H3,(H2,25,26,27,30). The van der Waals surface area contributed by atoms with Crippen LogP contribution in [0.3, 0.4) is 0 Å². The molecular formula is C24H32N4O2. The van der Waals surface area contributed by atoms with Gasteiger partial charge < -0.3 is 10.2 Å². The Morgan fingerprint density at radius 1 is 1.17 bits per heavy atom. The van der Waals surface area contributed by atoms with E-state index in [9.17, 15) is 9.59 Å². The molecule has 1 saturated carbocycles. The minimum absolute atomic E-state index is 0.0103. The lowest BCUT2D eigenvalue weighted by Crippen LogP contribution is -2.50. The highest BCUT2D eigenvalue weighted by Gasteiger charge is 2.39. The van der Waals surface area contributed by atoms with E-state index < -0.39 is 5.41 Å². The SMILES string of the molecule is CC1(C(=O)Nc2cc(CC3CCCCC3)[nH]n2)CCCN(C(=O)c2ccccc2)C1. The third kappa shape index (κ3) is 4.74. The number of nitrogens with one attached hydrogen (secondary N) is 2. The van der Waals surface area contributed by atoms with Crippen molar-refractivity contribution in [3.63, 3.8) is 0 Å². The summed E-state index contributed by atoms with van der Waals surface area (Å²) < 4.78 is 0. The zero-order valence-corrected chi connectivity index (χ0v) is 17.8. The zero-order valence-electron chi connectivity index (χ0n) is 17.8. The maximum Gasteiger partial charge on any atom is 0.253 e. The summed E-state index contributed by atoms with van der Waals surface area (Å²) in [7, 11) is 0. The quantitative estimate of drug-likeness (QED) is 0.769. The van der Waals surface area contributed by atoms with Crippen LogP contribution in [-0.2, 0) is 11.2 Å². The van der Waals surface area contributed by atoms with Crippen LogP contribution in [0.4, 0.5) is 5.82 Å². The number of H-pyrrole nitrogens is 1. The molecule has 1 aromatic carbocycles. The van der Waals surface area contributed by atoms with E-state index in [-0.39, 0.29) is 11.8 Å². The summed E-state index contributed by atoms with van der Waals surface area (Å²) in [6.45, 7) is 3.05. The van der Waals surface area contributed by atoms with Gasteiger partial charge in [-0.05, 0) is 44.2 Å². The lowest BCUT2D eigenvalue weighted by Gasteiger charge is -2.39. The molecule has 6 heteroatoms. The third-order valence-corrected chi connectivity index (χ3v) is 6.66. The predicted octanol–water partition coefficient (Wildman–Crippen LogP) is 4.41. The molecule has 0 radical (unpaired) electrons. The molecule has 2 aromatic rings. The van der Waals surface area contributed by atoms with E-state index in [1.807, 2.05) is 43.3 Å². The Morgan fingerprint density at radius 3 is 2.70 bits per heavy atom. The summed E-state index contributed by atoms with van der Waals surface area (Å²) in [6, 6.07) is 11.2. The highest BCUT2D eigenvalue weighted by atomic mass is 16.2. The number of carbonyl (C=O) groups is 2. The van der Waals surface area contributed by atoms with Crippen LogP contribution in [0.15, 0.2) is 36.4 Å².